The van der Waals surface area contributed by atoms with Gasteiger partial charge >= 0.3 is 0 Å². The predicted octanol–water partition coefficient (Wildman–Crippen LogP) is 10.8. The zero-order valence-corrected chi connectivity index (χ0v) is 28.4. The summed E-state index contributed by atoms with van der Waals surface area (Å²) in [6.07, 6.45) is 33.1. The fourth-order valence-corrected chi connectivity index (χ4v) is 7.52. The van der Waals surface area contributed by atoms with E-state index < -0.39 is 0 Å². The molecule has 2 fully saturated rings. The van der Waals surface area contributed by atoms with Crippen molar-refractivity contribution in [1.29, 1.82) is 0 Å². The lowest BCUT2D eigenvalue weighted by atomic mass is 9.78. The minimum atomic E-state index is -0.152. The van der Waals surface area contributed by atoms with Crippen molar-refractivity contribution in [2.24, 2.45) is 0 Å². The number of benzene rings is 1. The molecule has 0 unspecified atom stereocenters. The number of unbranched alkanes of at least 4 members (excludes halogenated alkanes) is 14. The van der Waals surface area contributed by atoms with E-state index in [2.05, 4.69) is 29.9 Å². The standard InChI is InChI=1S/C39H66N2O3/c1-2-3-4-5-6-7-8-9-10-11-12-13-14-15-22-27-37(42)40-41-38(43)29-28-32-30-35(33-23-18-16-19-24-33)39(44)36(31-32)34-25-20-17-21-26-34/h30-31,33-34,44H,2-29H2,1H3,(H,40,42)(H,41,43). The second-order valence-corrected chi connectivity index (χ2v) is 14.1. The van der Waals surface area contributed by atoms with Crippen LogP contribution in [0.1, 0.15) is 209 Å². The number of nitrogens with one attached hydrogen (secondary N) is 2. The van der Waals surface area contributed by atoms with Crippen molar-refractivity contribution in [3.63, 3.8) is 0 Å². The highest BCUT2D eigenvalue weighted by atomic mass is 16.3. The molecule has 0 bridgehead atoms. The molecule has 5 nitrogen and oxygen atoms in total. The average Bonchev–Trinajstić information content (AvgIpc) is 3.05. The van der Waals surface area contributed by atoms with Gasteiger partial charge < -0.3 is 5.11 Å². The molecule has 0 heterocycles. The van der Waals surface area contributed by atoms with E-state index in [1.807, 2.05) is 0 Å². The Balaban J connectivity index is 1.26. The van der Waals surface area contributed by atoms with E-state index in [4.69, 9.17) is 0 Å². The number of amides is 2. The van der Waals surface area contributed by atoms with E-state index in [-0.39, 0.29) is 11.8 Å². The van der Waals surface area contributed by atoms with Crippen LogP contribution in [0.5, 0.6) is 5.75 Å². The fraction of sp³-hybridized carbons (Fsp3) is 0.795. The summed E-state index contributed by atoms with van der Waals surface area (Å²) in [5.74, 6) is 1.14. The maximum atomic E-state index is 12.6. The maximum absolute atomic E-state index is 12.6. The Morgan fingerprint density at radius 1 is 0.591 bits per heavy atom. The molecular weight excluding hydrogens is 544 g/mol. The first-order valence-corrected chi connectivity index (χ1v) is 19.0. The van der Waals surface area contributed by atoms with Gasteiger partial charge in [0.25, 0.3) is 0 Å². The van der Waals surface area contributed by atoms with Crippen LogP contribution in [0.25, 0.3) is 0 Å². The Labute approximate surface area is 270 Å². The Morgan fingerprint density at radius 3 is 1.41 bits per heavy atom. The molecule has 1 aromatic carbocycles. The SMILES string of the molecule is CCCCCCCCCCCCCCCCCC(=O)NNC(=O)CCc1cc(C2CCCCC2)c(O)c(C2CCCCC2)c1. The third kappa shape index (κ3) is 14.4. The number of hydrogen-bond acceptors (Lipinski definition) is 3. The molecule has 2 amide bonds. The Kier molecular flexibility index (Phi) is 18.6. The van der Waals surface area contributed by atoms with E-state index in [9.17, 15) is 14.7 Å². The number of carbonyl (C=O) groups is 2. The van der Waals surface area contributed by atoms with Gasteiger partial charge in [-0.15, -0.1) is 0 Å². The van der Waals surface area contributed by atoms with Crippen molar-refractivity contribution in [3.05, 3.63) is 28.8 Å². The summed E-state index contributed by atoms with van der Waals surface area (Å²) in [7, 11) is 0. The molecule has 1 aromatic rings. The highest BCUT2D eigenvalue weighted by Gasteiger charge is 2.25. The highest BCUT2D eigenvalue weighted by Crippen LogP contribution is 2.44. The van der Waals surface area contributed by atoms with E-state index in [0.717, 1.165) is 55.2 Å². The van der Waals surface area contributed by atoms with Crippen LogP contribution in [-0.2, 0) is 16.0 Å². The third-order valence-electron chi connectivity index (χ3n) is 10.3. The number of hydrogen-bond donors (Lipinski definition) is 3. The van der Waals surface area contributed by atoms with Gasteiger partial charge in [0.05, 0.1) is 0 Å². The van der Waals surface area contributed by atoms with Gasteiger partial charge in [0.2, 0.25) is 11.8 Å². The van der Waals surface area contributed by atoms with Crippen molar-refractivity contribution >= 4 is 11.8 Å². The van der Waals surface area contributed by atoms with Crippen molar-refractivity contribution in [2.45, 2.75) is 199 Å². The largest absolute Gasteiger partial charge is 0.507 e. The molecule has 2 aliphatic rings. The summed E-state index contributed by atoms with van der Waals surface area (Å²) in [6.45, 7) is 2.28. The average molecular weight is 611 g/mol. The summed E-state index contributed by atoms with van der Waals surface area (Å²) in [5.41, 5.74) is 8.62. The first-order valence-electron chi connectivity index (χ1n) is 19.0. The van der Waals surface area contributed by atoms with Gasteiger partial charge in [-0.3, -0.25) is 20.4 Å². The van der Waals surface area contributed by atoms with Crippen LogP contribution >= 0.6 is 0 Å². The Bertz CT molecular complexity index is 894. The quantitative estimate of drug-likeness (QED) is 0.0957. The molecule has 0 saturated heterocycles. The Hall–Kier alpha value is -2.04. The van der Waals surface area contributed by atoms with Crippen molar-refractivity contribution < 1.29 is 14.7 Å². The number of aryl methyl sites for hydroxylation is 1. The van der Waals surface area contributed by atoms with Gasteiger partial charge in [-0.05, 0) is 67.1 Å². The van der Waals surface area contributed by atoms with Gasteiger partial charge in [0.1, 0.15) is 5.75 Å². The number of hydrazine groups is 1. The van der Waals surface area contributed by atoms with Crippen LogP contribution in [0, 0.1) is 0 Å². The van der Waals surface area contributed by atoms with E-state index in [1.165, 1.54) is 122 Å². The minimum Gasteiger partial charge on any atom is -0.507 e. The molecule has 2 saturated carbocycles. The van der Waals surface area contributed by atoms with Gasteiger partial charge in [-0.2, -0.15) is 0 Å². The van der Waals surface area contributed by atoms with E-state index in [1.54, 1.807) is 0 Å². The predicted molar refractivity (Wildman–Crippen MR) is 184 cm³/mol. The van der Waals surface area contributed by atoms with Crippen LogP contribution in [0.4, 0.5) is 0 Å². The van der Waals surface area contributed by atoms with Crippen molar-refractivity contribution in [2.75, 3.05) is 0 Å². The number of carbonyl (C=O) groups excluding carboxylic acids is 2. The van der Waals surface area contributed by atoms with Gasteiger partial charge in [-0.1, -0.05) is 147 Å². The second kappa shape index (κ2) is 22.5. The summed E-state index contributed by atoms with van der Waals surface area (Å²) in [6, 6.07) is 4.33. The van der Waals surface area contributed by atoms with Crippen LogP contribution in [0.2, 0.25) is 0 Å². The number of phenols is 1. The molecule has 0 atom stereocenters. The van der Waals surface area contributed by atoms with Crippen molar-refractivity contribution in [1.82, 2.24) is 10.9 Å². The smallest absolute Gasteiger partial charge is 0.238 e. The third-order valence-corrected chi connectivity index (χ3v) is 10.3. The zero-order valence-electron chi connectivity index (χ0n) is 28.4. The van der Waals surface area contributed by atoms with E-state index >= 15 is 0 Å². The highest BCUT2D eigenvalue weighted by molar-refractivity contribution is 5.82. The molecule has 0 aliphatic heterocycles. The fourth-order valence-electron chi connectivity index (χ4n) is 7.52. The molecular formula is C39H66N2O3. The molecule has 3 N–H and O–H groups in total. The molecule has 0 spiro atoms. The van der Waals surface area contributed by atoms with Crippen LogP contribution in [0.15, 0.2) is 12.1 Å². The van der Waals surface area contributed by atoms with Crippen LogP contribution in [-0.4, -0.2) is 16.9 Å². The molecule has 0 radical (unpaired) electrons. The molecule has 2 aliphatic carbocycles. The maximum Gasteiger partial charge on any atom is 0.238 e. The molecule has 3 rings (SSSR count). The normalized spacial score (nSPS) is 16.2. The van der Waals surface area contributed by atoms with Crippen molar-refractivity contribution in [3.8, 4) is 5.75 Å². The molecule has 44 heavy (non-hydrogen) atoms. The lowest BCUT2D eigenvalue weighted by molar-refractivity contribution is -0.128. The Morgan fingerprint density at radius 2 is 0.977 bits per heavy atom. The monoisotopic (exact) mass is 611 g/mol. The summed E-state index contributed by atoms with van der Waals surface area (Å²) in [5, 5.41) is 11.3. The van der Waals surface area contributed by atoms with E-state index in [0.29, 0.717) is 36.8 Å². The van der Waals surface area contributed by atoms with Crippen LogP contribution in [0.3, 0.4) is 0 Å². The lowest BCUT2D eigenvalue weighted by Gasteiger charge is -2.28. The first kappa shape index (κ1) is 36.4. The minimum absolute atomic E-state index is 0.100. The number of aromatic hydroxyl groups is 1. The second-order valence-electron chi connectivity index (χ2n) is 14.1. The number of phenolic OH excluding ortho intramolecular Hbond substituents is 1. The van der Waals surface area contributed by atoms with Gasteiger partial charge in [-0.25, -0.2) is 0 Å². The van der Waals surface area contributed by atoms with Gasteiger partial charge in [0, 0.05) is 12.8 Å². The summed E-state index contributed by atoms with van der Waals surface area (Å²) < 4.78 is 0. The molecule has 5 heteroatoms. The summed E-state index contributed by atoms with van der Waals surface area (Å²) >= 11 is 0. The first-order chi connectivity index (χ1) is 21.6. The number of rotatable bonds is 21. The molecule has 250 valence electrons. The van der Waals surface area contributed by atoms with Crippen LogP contribution < -0.4 is 10.9 Å². The zero-order chi connectivity index (χ0) is 31.2. The summed E-state index contributed by atoms with van der Waals surface area (Å²) in [4.78, 5) is 24.9. The molecule has 0 aromatic heterocycles. The van der Waals surface area contributed by atoms with Gasteiger partial charge in [0.15, 0.2) is 0 Å². The lowest BCUT2D eigenvalue weighted by Crippen LogP contribution is -2.41. The topological polar surface area (TPSA) is 78.4 Å².